The van der Waals surface area contributed by atoms with E-state index in [1.807, 2.05) is 0 Å². The van der Waals surface area contributed by atoms with Gasteiger partial charge in [-0.3, -0.25) is 4.79 Å². The Morgan fingerprint density at radius 1 is 1.58 bits per heavy atom. The second-order valence-electron chi connectivity index (χ2n) is 4.13. The first-order chi connectivity index (χ1) is 8.85. The Kier molecular flexibility index (Phi) is 4.31. The van der Waals surface area contributed by atoms with Gasteiger partial charge in [-0.05, 0) is 27.4 Å². The van der Waals surface area contributed by atoms with Gasteiger partial charge in [0.05, 0.1) is 25.2 Å². The van der Waals surface area contributed by atoms with Gasteiger partial charge in [0, 0.05) is 11.5 Å². The van der Waals surface area contributed by atoms with Crippen molar-refractivity contribution in [1.29, 1.82) is 0 Å². The number of ether oxygens (including phenoxy) is 1. The van der Waals surface area contributed by atoms with E-state index in [0.717, 1.165) is 15.6 Å². The first-order valence-corrected chi connectivity index (χ1v) is 8.48. The number of carboxylic acid groups (broad SMARTS) is 1. The number of nitrogens with zero attached hydrogens (tertiary/aromatic N) is 1. The second-order valence-corrected chi connectivity index (χ2v) is 8.09. The fourth-order valence-corrected chi connectivity index (χ4v) is 5.77. The molecule has 0 aliphatic carbocycles. The van der Waals surface area contributed by atoms with Crippen molar-refractivity contribution in [2.24, 2.45) is 5.92 Å². The van der Waals surface area contributed by atoms with Crippen molar-refractivity contribution >= 4 is 43.3 Å². The molecule has 106 valence electrons. The number of carbonyl (C=O) groups is 1. The molecule has 1 aromatic rings. The molecule has 0 amide bonds. The van der Waals surface area contributed by atoms with Crippen molar-refractivity contribution in [1.82, 2.24) is 4.31 Å². The summed E-state index contributed by atoms with van der Waals surface area (Å²) < 4.78 is 31.7. The van der Waals surface area contributed by atoms with Gasteiger partial charge in [-0.1, -0.05) is 0 Å². The van der Waals surface area contributed by atoms with Crippen LogP contribution in [0.3, 0.4) is 0 Å². The number of hydrogen-bond donors (Lipinski definition) is 1. The molecule has 1 aliphatic rings. The van der Waals surface area contributed by atoms with Gasteiger partial charge >= 0.3 is 5.97 Å². The van der Waals surface area contributed by atoms with Crippen LogP contribution in [0.5, 0.6) is 0 Å². The molecular weight excluding hydrogens is 358 g/mol. The SMILES string of the molecule is CN(C1COCC1C(=O)O)S(=O)(=O)c1sccc1Br. The lowest BCUT2D eigenvalue weighted by molar-refractivity contribution is -0.142. The molecule has 2 heterocycles. The van der Waals surface area contributed by atoms with E-state index >= 15 is 0 Å². The normalized spacial score (nSPS) is 23.9. The number of carboxylic acids is 1. The minimum Gasteiger partial charge on any atom is -0.481 e. The molecule has 9 heteroatoms. The number of hydrogen-bond acceptors (Lipinski definition) is 5. The standard InChI is InChI=1S/C10H12BrNO5S2/c1-12(8-5-17-4-6(8)9(13)14)19(15,16)10-7(11)2-3-18-10/h2-3,6,8H,4-5H2,1H3,(H,13,14). The Bertz CT molecular complexity index is 584. The molecule has 0 aromatic carbocycles. The van der Waals surface area contributed by atoms with E-state index in [9.17, 15) is 13.2 Å². The average molecular weight is 370 g/mol. The van der Waals surface area contributed by atoms with E-state index in [0.29, 0.717) is 4.47 Å². The predicted octanol–water partition coefficient (Wildman–Crippen LogP) is 1.23. The van der Waals surface area contributed by atoms with E-state index in [2.05, 4.69) is 15.9 Å². The molecule has 1 aromatic heterocycles. The van der Waals surface area contributed by atoms with Crippen molar-refractivity contribution in [3.8, 4) is 0 Å². The van der Waals surface area contributed by atoms with Crippen molar-refractivity contribution in [2.45, 2.75) is 10.3 Å². The molecule has 1 fully saturated rings. The smallest absolute Gasteiger partial charge is 0.310 e. The molecule has 6 nitrogen and oxygen atoms in total. The molecule has 0 radical (unpaired) electrons. The lowest BCUT2D eigenvalue weighted by atomic mass is 10.1. The van der Waals surface area contributed by atoms with E-state index in [1.165, 1.54) is 7.05 Å². The summed E-state index contributed by atoms with van der Waals surface area (Å²) in [7, 11) is -2.33. The van der Waals surface area contributed by atoms with Crippen LogP contribution in [-0.2, 0) is 19.6 Å². The van der Waals surface area contributed by atoms with Gasteiger partial charge < -0.3 is 9.84 Å². The second kappa shape index (κ2) is 5.49. The number of aliphatic carboxylic acids is 1. The number of rotatable bonds is 4. The van der Waals surface area contributed by atoms with Crippen LogP contribution in [0.4, 0.5) is 0 Å². The van der Waals surface area contributed by atoms with Gasteiger partial charge in [-0.15, -0.1) is 11.3 Å². The molecule has 19 heavy (non-hydrogen) atoms. The van der Waals surface area contributed by atoms with E-state index in [4.69, 9.17) is 9.84 Å². The Hall–Kier alpha value is -0.480. The Morgan fingerprint density at radius 2 is 2.26 bits per heavy atom. The van der Waals surface area contributed by atoms with Gasteiger partial charge in [0.15, 0.2) is 0 Å². The van der Waals surface area contributed by atoms with E-state index < -0.39 is 28.0 Å². The topological polar surface area (TPSA) is 83.9 Å². The molecule has 1 N–H and O–H groups in total. The van der Waals surface area contributed by atoms with Crippen LogP contribution in [0.1, 0.15) is 0 Å². The molecule has 0 saturated carbocycles. The molecule has 1 saturated heterocycles. The first-order valence-electron chi connectivity index (χ1n) is 5.37. The summed E-state index contributed by atoms with van der Waals surface area (Å²) in [5.74, 6) is -1.88. The van der Waals surface area contributed by atoms with Crippen LogP contribution >= 0.6 is 27.3 Å². The highest BCUT2D eigenvalue weighted by Crippen LogP contribution is 2.32. The fraction of sp³-hybridized carbons (Fsp3) is 0.500. The Balaban J connectivity index is 2.31. The van der Waals surface area contributed by atoms with Crippen molar-refractivity contribution in [2.75, 3.05) is 20.3 Å². The summed E-state index contributed by atoms with van der Waals surface area (Å²) in [6, 6.07) is 0.960. The zero-order valence-electron chi connectivity index (χ0n) is 9.95. The Labute approximate surface area is 123 Å². The quantitative estimate of drug-likeness (QED) is 0.862. The van der Waals surface area contributed by atoms with Crippen molar-refractivity contribution in [3.05, 3.63) is 15.9 Å². The predicted molar refractivity (Wildman–Crippen MR) is 72.7 cm³/mol. The zero-order valence-corrected chi connectivity index (χ0v) is 13.2. The summed E-state index contributed by atoms with van der Waals surface area (Å²) in [5.41, 5.74) is 0. The fourth-order valence-electron chi connectivity index (χ4n) is 1.91. The molecule has 0 spiro atoms. The van der Waals surface area contributed by atoms with Crippen LogP contribution in [0.2, 0.25) is 0 Å². The molecule has 2 atom stereocenters. The highest BCUT2D eigenvalue weighted by Gasteiger charge is 2.42. The molecule has 0 bridgehead atoms. The summed E-state index contributed by atoms with van der Waals surface area (Å²) in [4.78, 5) is 11.1. The van der Waals surface area contributed by atoms with Gasteiger partial charge in [-0.25, -0.2) is 8.42 Å². The van der Waals surface area contributed by atoms with Crippen molar-refractivity contribution in [3.63, 3.8) is 0 Å². The largest absolute Gasteiger partial charge is 0.481 e. The molecule has 2 rings (SSSR count). The van der Waals surface area contributed by atoms with Gasteiger partial charge in [0.2, 0.25) is 0 Å². The van der Waals surface area contributed by atoms with Gasteiger partial charge in [0.25, 0.3) is 10.0 Å². The number of likely N-dealkylation sites (N-methyl/N-ethyl adjacent to an activating group) is 1. The number of sulfonamides is 1. The van der Waals surface area contributed by atoms with E-state index in [-0.39, 0.29) is 17.4 Å². The molecular formula is C10H12BrNO5S2. The van der Waals surface area contributed by atoms with Gasteiger partial charge in [0.1, 0.15) is 4.21 Å². The minimum atomic E-state index is -3.71. The zero-order chi connectivity index (χ0) is 14.2. The third-order valence-corrected chi connectivity index (χ3v) is 7.56. The van der Waals surface area contributed by atoms with Crippen molar-refractivity contribution < 1.29 is 23.1 Å². The molecule has 1 aliphatic heterocycles. The van der Waals surface area contributed by atoms with E-state index in [1.54, 1.807) is 11.4 Å². The van der Waals surface area contributed by atoms with Gasteiger partial charge in [-0.2, -0.15) is 4.31 Å². The summed E-state index contributed by atoms with van der Waals surface area (Å²) in [6.45, 7) is 0.126. The number of halogens is 1. The minimum absolute atomic E-state index is 0.0332. The van der Waals surface area contributed by atoms with Crippen LogP contribution in [0, 0.1) is 5.92 Å². The van der Waals surface area contributed by atoms with Crippen LogP contribution in [-0.4, -0.2) is 50.1 Å². The maximum Gasteiger partial charge on any atom is 0.310 e. The van der Waals surface area contributed by atoms with Crippen LogP contribution in [0.15, 0.2) is 20.1 Å². The highest BCUT2D eigenvalue weighted by atomic mass is 79.9. The number of thiophene rings is 1. The van der Waals surface area contributed by atoms with Crippen LogP contribution in [0.25, 0.3) is 0 Å². The lowest BCUT2D eigenvalue weighted by Crippen LogP contribution is -2.43. The lowest BCUT2D eigenvalue weighted by Gasteiger charge is -2.25. The summed E-state index contributed by atoms with van der Waals surface area (Å²) in [6.07, 6.45) is 0. The highest BCUT2D eigenvalue weighted by molar-refractivity contribution is 9.10. The van der Waals surface area contributed by atoms with Crippen LogP contribution < -0.4 is 0 Å². The molecule has 2 unspecified atom stereocenters. The average Bonchev–Trinajstić information content (AvgIpc) is 2.95. The first kappa shape index (κ1) is 14.9. The maximum atomic E-state index is 12.4. The third kappa shape index (κ3) is 2.70. The third-order valence-electron chi connectivity index (χ3n) is 3.03. The summed E-state index contributed by atoms with van der Waals surface area (Å²) in [5, 5.41) is 10.7. The Morgan fingerprint density at radius 3 is 2.79 bits per heavy atom. The monoisotopic (exact) mass is 369 g/mol. The maximum absolute atomic E-state index is 12.4. The summed E-state index contributed by atoms with van der Waals surface area (Å²) >= 11 is 4.27.